The molecule has 4 rings (SSSR count). The number of carbonyl (C=O) groups is 1. The summed E-state index contributed by atoms with van der Waals surface area (Å²) in [6.45, 7) is 0.614. The van der Waals surface area contributed by atoms with Gasteiger partial charge in [-0.15, -0.1) is 0 Å². The highest BCUT2D eigenvalue weighted by Crippen LogP contribution is 2.38. The second-order valence-electron chi connectivity index (χ2n) is 8.69. The molecular weight excluding hydrogens is 528 g/mol. The van der Waals surface area contributed by atoms with Crippen molar-refractivity contribution >= 4 is 23.1 Å². The standard InChI is InChI=1S/C27H23F6N3O3/c1-38-23-10-16-7-8-34-22(21(16)14-24(23)39-2)9-15-3-5-19(6-4-15)35-25(37)36-20-12-17(26(28,29)30)11-18(13-20)27(31,32)33/h3-6,10-14H,7-9H2,1-2H3,(H2,35,36,37). The fourth-order valence-electron chi connectivity index (χ4n) is 4.16. The lowest BCUT2D eigenvalue weighted by Crippen LogP contribution is -2.21. The Morgan fingerprint density at radius 3 is 1.95 bits per heavy atom. The number of benzene rings is 3. The van der Waals surface area contributed by atoms with Crippen molar-refractivity contribution in [2.24, 2.45) is 4.99 Å². The molecule has 0 aliphatic carbocycles. The van der Waals surface area contributed by atoms with Crippen molar-refractivity contribution in [2.75, 3.05) is 31.4 Å². The number of nitrogens with one attached hydrogen (secondary N) is 2. The van der Waals surface area contributed by atoms with Crippen molar-refractivity contribution < 1.29 is 40.6 Å². The highest BCUT2D eigenvalue weighted by molar-refractivity contribution is 6.04. The minimum absolute atomic E-state index is 0.0105. The molecule has 12 heteroatoms. The van der Waals surface area contributed by atoms with Gasteiger partial charge < -0.3 is 20.1 Å². The number of methoxy groups -OCH3 is 2. The maximum Gasteiger partial charge on any atom is 0.416 e. The summed E-state index contributed by atoms with van der Waals surface area (Å²) in [5.74, 6) is 1.21. The van der Waals surface area contributed by atoms with E-state index >= 15 is 0 Å². The normalized spacial score (nSPS) is 13.3. The van der Waals surface area contributed by atoms with Gasteiger partial charge in [0.1, 0.15) is 0 Å². The van der Waals surface area contributed by atoms with Gasteiger partial charge in [-0.2, -0.15) is 26.3 Å². The van der Waals surface area contributed by atoms with E-state index in [0.29, 0.717) is 36.6 Å². The Labute approximate surface area is 219 Å². The maximum absolute atomic E-state index is 13.1. The van der Waals surface area contributed by atoms with E-state index in [1.807, 2.05) is 17.4 Å². The quantitative estimate of drug-likeness (QED) is 0.325. The molecule has 0 atom stereocenters. The van der Waals surface area contributed by atoms with Crippen LogP contribution >= 0.6 is 0 Å². The molecule has 1 heterocycles. The zero-order valence-electron chi connectivity index (χ0n) is 20.8. The lowest BCUT2D eigenvalue weighted by molar-refractivity contribution is -0.143. The van der Waals surface area contributed by atoms with Gasteiger partial charge in [0.2, 0.25) is 0 Å². The summed E-state index contributed by atoms with van der Waals surface area (Å²) < 4.78 is 89.2. The van der Waals surface area contributed by atoms with Gasteiger partial charge in [0, 0.05) is 35.6 Å². The first-order valence-electron chi connectivity index (χ1n) is 11.6. The summed E-state index contributed by atoms with van der Waals surface area (Å²) >= 11 is 0. The molecule has 0 aromatic heterocycles. The third-order valence-corrected chi connectivity index (χ3v) is 6.03. The van der Waals surface area contributed by atoms with Crippen molar-refractivity contribution in [3.63, 3.8) is 0 Å². The number of hydrogen-bond acceptors (Lipinski definition) is 4. The van der Waals surface area contributed by atoms with Crippen molar-refractivity contribution in [2.45, 2.75) is 25.2 Å². The zero-order chi connectivity index (χ0) is 28.4. The molecule has 3 aromatic rings. The fourth-order valence-corrected chi connectivity index (χ4v) is 4.16. The molecule has 0 radical (unpaired) electrons. The molecule has 0 saturated carbocycles. The first kappa shape index (κ1) is 27.8. The van der Waals surface area contributed by atoms with Crippen molar-refractivity contribution in [1.29, 1.82) is 0 Å². The van der Waals surface area contributed by atoms with Crippen LogP contribution in [-0.4, -0.2) is 32.5 Å². The van der Waals surface area contributed by atoms with Crippen LogP contribution in [0, 0.1) is 0 Å². The third kappa shape index (κ3) is 6.62. The number of hydrogen-bond donors (Lipinski definition) is 2. The Hall–Kier alpha value is -4.22. The smallest absolute Gasteiger partial charge is 0.416 e. The second kappa shape index (κ2) is 10.9. The van der Waals surface area contributed by atoms with E-state index in [1.165, 1.54) is 0 Å². The number of fused-ring (bicyclic) bond motifs is 1. The van der Waals surface area contributed by atoms with Crippen LogP contribution in [0.5, 0.6) is 11.5 Å². The van der Waals surface area contributed by atoms with Crippen LogP contribution in [0.3, 0.4) is 0 Å². The number of aliphatic imine (C=N–C) groups is 1. The Balaban J connectivity index is 1.45. The first-order valence-corrected chi connectivity index (χ1v) is 11.6. The topological polar surface area (TPSA) is 72.0 Å². The molecule has 1 aliphatic heterocycles. The average molecular weight is 551 g/mol. The van der Waals surface area contributed by atoms with E-state index in [9.17, 15) is 31.1 Å². The minimum Gasteiger partial charge on any atom is -0.493 e. The maximum atomic E-state index is 13.1. The zero-order valence-corrected chi connectivity index (χ0v) is 20.8. The number of amides is 2. The van der Waals surface area contributed by atoms with Gasteiger partial charge >= 0.3 is 18.4 Å². The molecule has 0 unspecified atom stereocenters. The van der Waals surface area contributed by atoms with E-state index in [1.54, 1.807) is 38.5 Å². The molecule has 6 nitrogen and oxygen atoms in total. The minimum atomic E-state index is -5.02. The molecule has 0 saturated heterocycles. The summed E-state index contributed by atoms with van der Waals surface area (Å²) in [5.41, 5.74) is 0.329. The predicted octanol–water partition coefficient (Wildman–Crippen LogP) is 6.97. The summed E-state index contributed by atoms with van der Waals surface area (Å²) in [5, 5.41) is 4.44. The number of anilines is 2. The van der Waals surface area contributed by atoms with E-state index in [-0.39, 0.29) is 11.8 Å². The number of urea groups is 1. The van der Waals surface area contributed by atoms with Gasteiger partial charge in [-0.1, -0.05) is 12.1 Å². The molecule has 39 heavy (non-hydrogen) atoms. The molecule has 0 spiro atoms. The number of alkyl halides is 6. The number of halogens is 6. The number of carbonyl (C=O) groups excluding carboxylic acids is 1. The van der Waals surface area contributed by atoms with Gasteiger partial charge in [-0.05, 0) is 60.0 Å². The van der Waals surface area contributed by atoms with E-state index in [2.05, 4.69) is 10.3 Å². The molecule has 1 aliphatic rings. The largest absolute Gasteiger partial charge is 0.493 e. The van der Waals surface area contributed by atoms with Crippen LogP contribution in [0.15, 0.2) is 59.6 Å². The predicted molar refractivity (Wildman–Crippen MR) is 134 cm³/mol. The van der Waals surface area contributed by atoms with Gasteiger partial charge in [0.05, 0.1) is 25.3 Å². The second-order valence-corrected chi connectivity index (χ2v) is 8.69. The van der Waals surface area contributed by atoms with Gasteiger partial charge in [-0.3, -0.25) is 4.99 Å². The van der Waals surface area contributed by atoms with Crippen molar-refractivity contribution in [3.05, 3.63) is 82.4 Å². The van der Waals surface area contributed by atoms with E-state index in [0.717, 1.165) is 28.8 Å². The summed E-state index contributed by atoms with van der Waals surface area (Å²) in [6, 6.07) is 10.3. The van der Waals surface area contributed by atoms with Gasteiger partial charge in [0.25, 0.3) is 0 Å². The van der Waals surface area contributed by atoms with Crippen LogP contribution in [0.25, 0.3) is 0 Å². The summed E-state index contributed by atoms with van der Waals surface area (Å²) in [6.07, 6.45) is -8.80. The Morgan fingerprint density at radius 1 is 0.821 bits per heavy atom. The van der Waals surface area contributed by atoms with Crippen LogP contribution in [0.1, 0.15) is 27.8 Å². The molecule has 2 N–H and O–H groups in total. The van der Waals surface area contributed by atoms with Crippen LogP contribution in [0.4, 0.5) is 42.5 Å². The van der Waals surface area contributed by atoms with E-state index < -0.39 is 35.2 Å². The lowest BCUT2D eigenvalue weighted by Gasteiger charge is -2.20. The average Bonchev–Trinajstić information content (AvgIpc) is 2.88. The van der Waals surface area contributed by atoms with Gasteiger partial charge in [0.15, 0.2) is 11.5 Å². The third-order valence-electron chi connectivity index (χ3n) is 6.03. The monoisotopic (exact) mass is 551 g/mol. The number of nitrogens with zero attached hydrogens (tertiary/aromatic N) is 1. The van der Waals surface area contributed by atoms with Crippen LogP contribution in [-0.2, 0) is 25.2 Å². The Morgan fingerprint density at radius 2 is 1.38 bits per heavy atom. The Bertz CT molecular complexity index is 1370. The lowest BCUT2D eigenvalue weighted by atomic mass is 9.93. The fraction of sp³-hybridized carbons (Fsp3) is 0.259. The molecule has 0 bridgehead atoms. The highest BCUT2D eigenvalue weighted by atomic mass is 19.4. The van der Waals surface area contributed by atoms with Crippen LogP contribution in [0.2, 0.25) is 0 Å². The first-order chi connectivity index (χ1) is 18.4. The summed E-state index contributed by atoms with van der Waals surface area (Å²) in [4.78, 5) is 17.0. The van der Waals surface area contributed by atoms with Gasteiger partial charge in [-0.25, -0.2) is 4.79 Å². The SMILES string of the molecule is COc1cc2c(cc1OC)C(Cc1ccc(NC(=O)Nc3cc(C(F)(F)F)cc(C(F)(F)F)c3)cc1)=NCC2. The number of rotatable bonds is 6. The molecule has 2 amide bonds. The van der Waals surface area contributed by atoms with Crippen molar-refractivity contribution in [3.8, 4) is 11.5 Å². The molecule has 0 fully saturated rings. The Kier molecular flexibility index (Phi) is 7.75. The van der Waals surface area contributed by atoms with Crippen molar-refractivity contribution in [1.82, 2.24) is 0 Å². The highest BCUT2D eigenvalue weighted by Gasteiger charge is 2.37. The molecule has 3 aromatic carbocycles. The summed E-state index contributed by atoms with van der Waals surface area (Å²) in [7, 11) is 3.12. The molecule has 206 valence electrons. The van der Waals surface area contributed by atoms with E-state index in [4.69, 9.17) is 9.47 Å². The van der Waals surface area contributed by atoms with Crippen LogP contribution < -0.4 is 20.1 Å². The number of ether oxygens (including phenoxy) is 2. The molecular formula is C27H23F6N3O3.